The van der Waals surface area contributed by atoms with Crippen LogP contribution in [0, 0.1) is 5.82 Å². The summed E-state index contributed by atoms with van der Waals surface area (Å²) in [7, 11) is 0. The molecule has 1 unspecified atom stereocenters. The Bertz CT molecular complexity index is 822. The monoisotopic (exact) mass is 435 g/mol. The summed E-state index contributed by atoms with van der Waals surface area (Å²) in [4.78, 5) is 15.4. The van der Waals surface area contributed by atoms with Crippen molar-refractivity contribution in [2.45, 2.75) is 19.6 Å². The summed E-state index contributed by atoms with van der Waals surface area (Å²) in [6.45, 7) is 5.77. The highest BCUT2D eigenvalue weighted by Gasteiger charge is 2.21. The van der Waals surface area contributed by atoms with Crippen molar-refractivity contribution in [3.8, 4) is 5.75 Å². The lowest BCUT2D eigenvalue weighted by Gasteiger charge is -2.35. The van der Waals surface area contributed by atoms with E-state index in [1.54, 1.807) is 36.4 Å². The second-order valence-corrected chi connectivity index (χ2v) is 7.85. The van der Waals surface area contributed by atoms with Crippen LogP contribution in [-0.2, 0) is 11.3 Å². The van der Waals surface area contributed by atoms with E-state index in [1.807, 2.05) is 0 Å². The van der Waals surface area contributed by atoms with Gasteiger partial charge in [0.1, 0.15) is 24.3 Å². The summed E-state index contributed by atoms with van der Waals surface area (Å²) in [6.07, 6.45) is -0.618. The fourth-order valence-corrected chi connectivity index (χ4v) is 3.64. The third-order valence-electron chi connectivity index (χ3n) is 4.99. The predicted molar refractivity (Wildman–Crippen MR) is 115 cm³/mol. The molecule has 0 saturated carbocycles. The minimum absolute atomic E-state index is 0.129. The first kappa shape index (κ1) is 22.5. The van der Waals surface area contributed by atoms with Gasteiger partial charge in [-0.3, -0.25) is 14.6 Å². The number of aliphatic hydroxyl groups excluding tert-OH is 1. The fourth-order valence-electron chi connectivity index (χ4n) is 3.42. The normalized spacial score (nSPS) is 16.3. The number of anilines is 1. The van der Waals surface area contributed by atoms with Crippen molar-refractivity contribution in [1.82, 2.24) is 9.80 Å². The van der Waals surface area contributed by atoms with E-state index in [0.717, 1.165) is 26.2 Å². The quantitative estimate of drug-likeness (QED) is 0.667. The minimum atomic E-state index is -0.618. The van der Waals surface area contributed by atoms with Crippen molar-refractivity contribution in [2.24, 2.45) is 0 Å². The van der Waals surface area contributed by atoms with Crippen molar-refractivity contribution in [3.05, 3.63) is 58.9 Å². The molecule has 162 valence electrons. The first-order valence-electron chi connectivity index (χ1n) is 9.97. The molecule has 2 N–H and O–H groups in total. The van der Waals surface area contributed by atoms with Crippen LogP contribution in [0.15, 0.2) is 42.5 Å². The number of aliphatic hydroxyl groups is 1. The number of carbonyl (C=O) groups is 1. The van der Waals surface area contributed by atoms with Crippen molar-refractivity contribution < 1.29 is 19.0 Å². The highest BCUT2D eigenvalue weighted by Crippen LogP contribution is 2.21. The van der Waals surface area contributed by atoms with Gasteiger partial charge in [-0.2, -0.15) is 0 Å². The smallest absolute Gasteiger partial charge is 0.221 e. The summed E-state index contributed by atoms with van der Waals surface area (Å²) in [5.41, 5.74) is 1.23. The molecule has 1 saturated heterocycles. The van der Waals surface area contributed by atoms with Gasteiger partial charge < -0.3 is 15.2 Å². The maximum atomic E-state index is 14.0. The lowest BCUT2D eigenvalue weighted by atomic mass is 10.1. The van der Waals surface area contributed by atoms with Crippen LogP contribution in [0.3, 0.4) is 0 Å². The Balaban J connectivity index is 1.39. The minimum Gasteiger partial charge on any atom is -0.491 e. The number of halogens is 2. The van der Waals surface area contributed by atoms with Crippen LogP contribution in [0.5, 0.6) is 5.75 Å². The molecule has 1 aliphatic rings. The second kappa shape index (κ2) is 10.7. The number of nitrogens with one attached hydrogen (secondary N) is 1. The molecular formula is C22H27ClFN3O3. The molecule has 1 fully saturated rings. The molecule has 1 heterocycles. The Labute approximate surface area is 181 Å². The number of hydrogen-bond donors (Lipinski definition) is 2. The molecule has 2 aromatic carbocycles. The van der Waals surface area contributed by atoms with E-state index < -0.39 is 6.10 Å². The highest BCUT2D eigenvalue weighted by atomic mass is 35.5. The number of amides is 1. The summed E-state index contributed by atoms with van der Waals surface area (Å²) in [6, 6.07) is 11.8. The molecule has 6 nitrogen and oxygen atoms in total. The van der Waals surface area contributed by atoms with Gasteiger partial charge in [-0.1, -0.05) is 17.7 Å². The van der Waals surface area contributed by atoms with Crippen LogP contribution in [0.1, 0.15) is 12.5 Å². The maximum absolute atomic E-state index is 14.0. The summed E-state index contributed by atoms with van der Waals surface area (Å²) < 4.78 is 19.6. The van der Waals surface area contributed by atoms with Crippen molar-refractivity contribution in [3.63, 3.8) is 0 Å². The summed E-state index contributed by atoms with van der Waals surface area (Å²) in [5.74, 6) is 0.230. The van der Waals surface area contributed by atoms with Gasteiger partial charge in [-0.05, 0) is 36.4 Å². The Morgan fingerprint density at radius 1 is 1.17 bits per heavy atom. The molecule has 0 radical (unpaired) electrons. The van der Waals surface area contributed by atoms with Crippen LogP contribution >= 0.6 is 11.6 Å². The topological polar surface area (TPSA) is 65.0 Å². The zero-order valence-electron chi connectivity index (χ0n) is 17.0. The molecule has 1 atom stereocenters. The summed E-state index contributed by atoms with van der Waals surface area (Å²) in [5, 5.41) is 13.5. The van der Waals surface area contributed by atoms with Crippen LogP contribution in [0.4, 0.5) is 10.1 Å². The molecule has 8 heteroatoms. The molecule has 30 heavy (non-hydrogen) atoms. The number of nitrogens with zero attached hydrogens (tertiary/aromatic N) is 2. The van der Waals surface area contributed by atoms with Gasteiger partial charge in [0.15, 0.2) is 0 Å². The molecule has 0 spiro atoms. The number of β-amino-alcohol motifs (C(OH)–C–C–N with tert-alkyl or cyclic N) is 1. The van der Waals surface area contributed by atoms with E-state index in [2.05, 4.69) is 15.1 Å². The van der Waals surface area contributed by atoms with Crippen LogP contribution in [0.25, 0.3) is 0 Å². The van der Waals surface area contributed by atoms with E-state index in [-0.39, 0.29) is 18.3 Å². The molecule has 1 aliphatic heterocycles. The average molecular weight is 436 g/mol. The molecule has 0 aromatic heterocycles. The lowest BCUT2D eigenvalue weighted by Crippen LogP contribution is -2.48. The lowest BCUT2D eigenvalue weighted by molar-refractivity contribution is -0.114. The number of benzene rings is 2. The number of hydrogen-bond acceptors (Lipinski definition) is 5. The molecular weight excluding hydrogens is 409 g/mol. The van der Waals surface area contributed by atoms with E-state index in [0.29, 0.717) is 35.1 Å². The average Bonchev–Trinajstić information content (AvgIpc) is 2.71. The highest BCUT2D eigenvalue weighted by molar-refractivity contribution is 6.31. The molecule has 1 amide bonds. The number of piperazine rings is 1. The van der Waals surface area contributed by atoms with E-state index in [1.165, 1.54) is 13.0 Å². The van der Waals surface area contributed by atoms with Gasteiger partial charge in [-0.25, -0.2) is 4.39 Å². The van der Waals surface area contributed by atoms with Gasteiger partial charge in [0.05, 0.1) is 0 Å². The fraction of sp³-hybridized carbons (Fsp3) is 0.409. The van der Waals surface area contributed by atoms with Crippen molar-refractivity contribution in [2.75, 3.05) is 44.6 Å². The first-order valence-corrected chi connectivity index (χ1v) is 10.3. The van der Waals surface area contributed by atoms with E-state index >= 15 is 0 Å². The zero-order valence-corrected chi connectivity index (χ0v) is 17.7. The van der Waals surface area contributed by atoms with Crippen LogP contribution < -0.4 is 10.1 Å². The Kier molecular flexibility index (Phi) is 8.04. The van der Waals surface area contributed by atoms with Crippen molar-refractivity contribution >= 4 is 23.2 Å². The Hall–Kier alpha value is -2.19. The van der Waals surface area contributed by atoms with Gasteiger partial charge in [0, 0.05) is 62.5 Å². The number of ether oxygens (including phenoxy) is 1. The summed E-state index contributed by atoms with van der Waals surface area (Å²) >= 11 is 6.12. The largest absolute Gasteiger partial charge is 0.491 e. The van der Waals surface area contributed by atoms with Crippen molar-refractivity contribution in [1.29, 1.82) is 0 Å². The second-order valence-electron chi connectivity index (χ2n) is 7.45. The van der Waals surface area contributed by atoms with E-state index in [4.69, 9.17) is 16.3 Å². The maximum Gasteiger partial charge on any atom is 0.221 e. The molecule has 0 bridgehead atoms. The van der Waals surface area contributed by atoms with E-state index in [9.17, 15) is 14.3 Å². The molecule has 3 rings (SSSR count). The predicted octanol–water partition coefficient (Wildman–Crippen LogP) is 3.00. The van der Waals surface area contributed by atoms with Crippen LogP contribution in [-0.4, -0.2) is 66.2 Å². The Morgan fingerprint density at radius 3 is 2.47 bits per heavy atom. The van der Waals surface area contributed by atoms with Gasteiger partial charge in [-0.15, -0.1) is 0 Å². The third-order valence-corrected chi connectivity index (χ3v) is 5.35. The standard InChI is InChI=1S/C22H27ClFN3O3/c1-16(28)25-17-5-7-19(8-6-17)30-15-18(29)13-26-9-11-27(12-10-26)14-20-21(23)3-2-4-22(20)24/h2-8,18,29H,9-15H2,1H3,(H,25,28). The molecule has 2 aromatic rings. The third kappa shape index (κ3) is 6.67. The Morgan fingerprint density at radius 2 is 1.83 bits per heavy atom. The number of rotatable bonds is 8. The van der Waals surface area contributed by atoms with Gasteiger partial charge in [0.25, 0.3) is 0 Å². The zero-order chi connectivity index (χ0) is 21.5. The SMILES string of the molecule is CC(=O)Nc1ccc(OCC(O)CN2CCN(Cc3c(F)cccc3Cl)CC2)cc1. The number of carbonyl (C=O) groups excluding carboxylic acids is 1. The van der Waals surface area contributed by atoms with Gasteiger partial charge >= 0.3 is 0 Å². The molecule has 0 aliphatic carbocycles. The first-order chi connectivity index (χ1) is 14.4. The van der Waals surface area contributed by atoms with Crippen LogP contribution in [0.2, 0.25) is 5.02 Å². The van der Waals surface area contributed by atoms with Gasteiger partial charge in [0.2, 0.25) is 5.91 Å².